The van der Waals surface area contributed by atoms with Crippen molar-refractivity contribution in [2.45, 2.75) is 25.8 Å². The third-order valence-corrected chi connectivity index (χ3v) is 3.42. The maximum absolute atomic E-state index is 12.0. The number of hydrogen-bond donors (Lipinski definition) is 2. The van der Waals surface area contributed by atoms with E-state index in [1.807, 2.05) is 0 Å². The molecule has 3 rings (SSSR count). The zero-order valence-corrected chi connectivity index (χ0v) is 11.7. The Kier molecular flexibility index (Phi) is 3.48. The Morgan fingerprint density at radius 2 is 1.81 bits per heavy atom. The van der Waals surface area contributed by atoms with Crippen LogP contribution in [0.4, 0.5) is 5.69 Å². The Hall–Kier alpha value is -2.56. The second-order valence-corrected chi connectivity index (χ2v) is 5.17. The van der Waals surface area contributed by atoms with E-state index in [0.717, 1.165) is 12.8 Å². The molecule has 0 radical (unpaired) electrons. The summed E-state index contributed by atoms with van der Waals surface area (Å²) in [6, 6.07) is 8.80. The molecule has 0 saturated heterocycles. The van der Waals surface area contributed by atoms with Gasteiger partial charge in [-0.2, -0.15) is 0 Å². The van der Waals surface area contributed by atoms with Crippen molar-refractivity contribution in [2.75, 3.05) is 5.32 Å². The van der Waals surface area contributed by atoms with Crippen LogP contribution in [0, 0.1) is 6.92 Å². The normalized spacial score (nSPS) is 13.8. The highest BCUT2D eigenvalue weighted by atomic mass is 16.3. The molecule has 0 spiro atoms. The first-order valence-electron chi connectivity index (χ1n) is 6.90. The molecule has 2 amide bonds. The highest BCUT2D eigenvalue weighted by Gasteiger charge is 2.23. The molecular weight excluding hydrogens is 268 g/mol. The van der Waals surface area contributed by atoms with Gasteiger partial charge in [0, 0.05) is 17.3 Å². The summed E-state index contributed by atoms with van der Waals surface area (Å²) in [7, 11) is 0. The van der Waals surface area contributed by atoms with Crippen LogP contribution in [0.25, 0.3) is 0 Å². The van der Waals surface area contributed by atoms with Gasteiger partial charge < -0.3 is 15.1 Å². The van der Waals surface area contributed by atoms with Crippen LogP contribution in [-0.2, 0) is 0 Å². The second-order valence-electron chi connectivity index (χ2n) is 5.17. The van der Waals surface area contributed by atoms with E-state index in [1.54, 1.807) is 37.3 Å². The zero-order valence-electron chi connectivity index (χ0n) is 11.7. The Bertz CT molecular complexity index is 669. The molecule has 21 heavy (non-hydrogen) atoms. The van der Waals surface area contributed by atoms with E-state index >= 15 is 0 Å². The Balaban J connectivity index is 1.65. The van der Waals surface area contributed by atoms with Gasteiger partial charge in [0.05, 0.1) is 11.8 Å². The lowest BCUT2D eigenvalue weighted by Gasteiger charge is -2.06. The van der Waals surface area contributed by atoms with Crippen LogP contribution < -0.4 is 10.6 Å². The molecule has 1 aliphatic rings. The van der Waals surface area contributed by atoms with E-state index in [2.05, 4.69) is 10.6 Å². The van der Waals surface area contributed by atoms with E-state index in [9.17, 15) is 9.59 Å². The minimum Gasteiger partial charge on any atom is -0.469 e. The minimum absolute atomic E-state index is 0.0685. The first kappa shape index (κ1) is 13.4. The third-order valence-electron chi connectivity index (χ3n) is 3.42. The quantitative estimate of drug-likeness (QED) is 0.906. The van der Waals surface area contributed by atoms with Crippen LogP contribution in [0.3, 0.4) is 0 Å². The van der Waals surface area contributed by atoms with E-state index in [4.69, 9.17) is 4.42 Å². The molecule has 5 nitrogen and oxygen atoms in total. The second kappa shape index (κ2) is 5.44. The summed E-state index contributed by atoms with van der Waals surface area (Å²) >= 11 is 0. The summed E-state index contributed by atoms with van der Waals surface area (Å²) < 4.78 is 5.10. The fraction of sp³-hybridized carbons (Fsp3) is 0.250. The van der Waals surface area contributed by atoms with Gasteiger partial charge in [0.25, 0.3) is 11.8 Å². The highest BCUT2D eigenvalue weighted by Crippen LogP contribution is 2.20. The van der Waals surface area contributed by atoms with E-state index in [0.29, 0.717) is 28.6 Å². The Morgan fingerprint density at radius 3 is 2.38 bits per heavy atom. The molecule has 2 N–H and O–H groups in total. The molecule has 5 heteroatoms. The molecule has 1 aromatic heterocycles. The van der Waals surface area contributed by atoms with Gasteiger partial charge in [0.15, 0.2) is 0 Å². The van der Waals surface area contributed by atoms with Gasteiger partial charge in [-0.15, -0.1) is 0 Å². The average molecular weight is 284 g/mol. The summed E-state index contributed by atoms with van der Waals surface area (Å²) in [5, 5.41) is 5.70. The number of amides is 2. The highest BCUT2D eigenvalue weighted by molar-refractivity contribution is 6.05. The number of furan rings is 1. The molecule has 0 bridgehead atoms. The molecule has 0 unspecified atom stereocenters. The third kappa shape index (κ3) is 3.13. The van der Waals surface area contributed by atoms with Crippen LogP contribution in [0.2, 0.25) is 0 Å². The van der Waals surface area contributed by atoms with Crippen molar-refractivity contribution in [3.8, 4) is 0 Å². The van der Waals surface area contributed by atoms with Crippen LogP contribution in [0.15, 0.2) is 41.0 Å². The summed E-state index contributed by atoms with van der Waals surface area (Å²) in [6.07, 6.45) is 3.60. The molecule has 1 saturated carbocycles. The largest absolute Gasteiger partial charge is 0.469 e. The number of nitrogens with one attached hydrogen (secondary N) is 2. The van der Waals surface area contributed by atoms with Crippen molar-refractivity contribution in [3.63, 3.8) is 0 Å². The zero-order chi connectivity index (χ0) is 14.8. The first-order chi connectivity index (χ1) is 10.1. The van der Waals surface area contributed by atoms with Crippen molar-refractivity contribution in [2.24, 2.45) is 0 Å². The summed E-state index contributed by atoms with van der Waals surface area (Å²) in [6.45, 7) is 1.74. The van der Waals surface area contributed by atoms with Gasteiger partial charge in [-0.25, -0.2) is 0 Å². The van der Waals surface area contributed by atoms with Crippen molar-refractivity contribution in [3.05, 3.63) is 53.5 Å². The van der Waals surface area contributed by atoms with Gasteiger partial charge in [-0.05, 0) is 50.1 Å². The van der Waals surface area contributed by atoms with Gasteiger partial charge in [0.1, 0.15) is 5.76 Å². The summed E-state index contributed by atoms with van der Waals surface area (Å²) in [5.74, 6) is 0.283. The van der Waals surface area contributed by atoms with Crippen molar-refractivity contribution in [1.82, 2.24) is 5.32 Å². The number of aryl methyl sites for hydroxylation is 1. The number of carbonyl (C=O) groups is 2. The SMILES string of the molecule is Cc1occc1C(=O)Nc1ccc(C(=O)NC2CC2)cc1. The molecule has 108 valence electrons. The molecule has 0 aliphatic heterocycles. The van der Waals surface area contributed by atoms with Gasteiger partial charge in [-0.3, -0.25) is 9.59 Å². The predicted molar refractivity (Wildman–Crippen MR) is 78.3 cm³/mol. The van der Waals surface area contributed by atoms with Crippen LogP contribution >= 0.6 is 0 Å². The fourth-order valence-corrected chi connectivity index (χ4v) is 2.02. The predicted octanol–water partition coefficient (Wildman–Crippen LogP) is 2.73. The smallest absolute Gasteiger partial charge is 0.259 e. The maximum Gasteiger partial charge on any atom is 0.259 e. The molecule has 1 aliphatic carbocycles. The lowest BCUT2D eigenvalue weighted by Crippen LogP contribution is -2.25. The maximum atomic E-state index is 12.0. The summed E-state index contributed by atoms with van der Waals surface area (Å²) in [4.78, 5) is 23.9. The fourth-order valence-electron chi connectivity index (χ4n) is 2.02. The van der Waals surface area contributed by atoms with Crippen LogP contribution in [0.5, 0.6) is 0 Å². The topological polar surface area (TPSA) is 71.3 Å². The molecule has 1 fully saturated rings. The molecule has 1 aromatic carbocycles. The Labute approximate surface area is 122 Å². The number of rotatable bonds is 4. The molecule has 0 atom stereocenters. The standard InChI is InChI=1S/C16H16N2O3/c1-10-14(8-9-21-10)16(20)18-12-4-2-11(3-5-12)15(19)17-13-6-7-13/h2-5,8-9,13H,6-7H2,1H3,(H,17,19)(H,18,20). The van der Waals surface area contributed by atoms with Crippen LogP contribution in [0.1, 0.15) is 39.3 Å². The molecular formula is C16H16N2O3. The average Bonchev–Trinajstić information content (AvgIpc) is 3.18. The number of benzene rings is 1. The summed E-state index contributed by atoms with van der Waals surface area (Å²) in [5.41, 5.74) is 1.74. The van der Waals surface area contributed by atoms with Crippen LogP contribution in [-0.4, -0.2) is 17.9 Å². The van der Waals surface area contributed by atoms with E-state index < -0.39 is 0 Å². The van der Waals surface area contributed by atoms with Gasteiger partial charge in [0.2, 0.25) is 0 Å². The minimum atomic E-state index is -0.226. The van der Waals surface area contributed by atoms with Gasteiger partial charge in [-0.1, -0.05) is 0 Å². The lowest BCUT2D eigenvalue weighted by atomic mass is 10.2. The Morgan fingerprint density at radius 1 is 1.10 bits per heavy atom. The van der Waals surface area contributed by atoms with E-state index in [-0.39, 0.29) is 11.8 Å². The molecule has 1 heterocycles. The van der Waals surface area contributed by atoms with Crippen molar-refractivity contribution >= 4 is 17.5 Å². The monoisotopic (exact) mass is 284 g/mol. The number of carbonyl (C=O) groups excluding carboxylic acids is 2. The van der Waals surface area contributed by atoms with E-state index in [1.165, 1.54) is 6.26 Å². The molecule has 2 aromatic rings. The van der Waals surface area contributed by atoms with Crippen molar-refractivity contribution < 1.29 is 14.0 Å². The van der Waals surface area contributed by atoms with Crippen molar-refractivity contribution in [1.29, 1.82) is 0 Å². The number of anilines is 1. The lowest BCUT2D eigenvalue weighted by molar-refractivity contribution is 0.0950. The first-order valence-corrected chi connectivity index (χ1v) is 6.90. The number of hydrogen-bond acceptors (Lipinski definition) is 3. The van der Waals surface area contributed by atoms with Gasteiger partial charge >= 0.3 is 0 Å².